The molecule has 0 radical (unpaired) electrons. The Morgan fingerprint density at radius 2 is 1.25 bits per heavy atom. The second-order valence-electron chi connectivity index (χ2n) is 9.41. The van der Waals surface area contributed by atoms with Crippen molar-refractivity contribution in [1.82, 2.24) is 8.75 Å². The summed E-state index contributed by atoms with van der Waals surface area (Å²) in [6, 6.07) is 11.3. The van der Waals surface area contributed by atoms with Crippen molar-refractivity contribution in [2.45, 2.75) is 59.3 Å². The minimum absolute atomic E-state index is 0.163. The van der Waals surface area contributed by atoms with Gasteiger partial charge >= 0.3 is 0 Å². The fraction of sp³-hybridized carbons (Fsp3) is 0.391. The number of thiophene rings is 2. The van der Waals surface area contributed by atoms with Crippen LogP contribution in [0.3, 0.4) is 0 Å². The van der Waals surface area contributed by atoms with E-state index in [2.05, 4.69) is 78.8 Å². The lowest BCUT2D eigenvalue weighted by Crippen LogP contribution is -2.07. The van der Waals surface area contributed by atoms with Gasteiger partial charge in [0.05, 0.1) is 11.7 Å². The maximum atomic E-state index is 4.71. The third-order valence-electron chi connectivity index (χ3n) is 4.94. The first-order chi connectivity index (χ1) is 13.1. The van der Waals surface area contributed by atoms with Gasteiger partial charge in [0.15, 0.2) is 0 Å². The molecular weight excluding hydrogens is 400 g/mol. The Bertz CT molecular complexity index is 1150. The average Bonchev–Trinajstić information content (AvgIpc) is 3.32. The fourth-order valence-electron chi connectivity index (χ4n) is 3.33. The van der Waals surface area contributed by atoms with E-state index in [9.17, 15) is 0 Å². The number of hydrogen-bond acceptors (Lipinski definition) is 5. The zero-order valence-electron chi connectivity index (χ0n) is 17.5. The smallest absolute Gasteiger partial charge is 0.114 e. The molecule has 0 aliphatic heterocycles. The second kappa shape index (κ2) is 6.75. The van der Waals surface area contributed by atoms with Crippen LogP contribution < -0.4 is 0 Å². The van der Waals surface area contributed by atoms with Crippen molar-refractivity contribution in [3.05, 3.63) is 45.6 Å². The Morgan fingerprint density at radius 3 is 1.82 bits per heavy atom. The SMILES string of the molecule is Cc1cc(-c2ccc(C(C)(C)C)s2)c2nsnc2c1-c1ccc(C(C)(C)C)s1. The Labute approximate surface area is 179 Å². The largest absolute Gasteiger partial charge is 0.172 e. The van der Waals surface area contributed by atoms with E-state index in [1.807, 2.05) is 22.7 Å². The third-order valence-corrected chi connectivity index (χ3v) is 8.54. The van der Waals surface area contributed by atoms with Gasteiger partial charge in [-0.1, -0.05) is 41.5 Å². The number of hydrogen-bond donors (Lipinski definition) is 0. The Morgan fingerprint density at radius 1 is 0.714 bits per heavy atom. The normalized spacial score (nSPS) is 12.8. The van der Waals surface area contributed by atoms with Crippen LogP contribution in [-0.4, -0.2) is 8.75 Å². The summed E-state index contributed by atoms with van der Waals surface area (Å²) < 4.78 is 9.40. The third kappa shape index (κ3) is 3.44. The van der Waals surface area contributed by atoms with Crippen molar-refractivity contribution >= 4 is 45.4 Å². The summed E-state index contributed by atoms with van der Waals surface area (Å²) in [6.45, 7) is 15.8. The molecule has 0 fully saturated rings. The predicted octanol–water partition coefficient (Wildman–Crippen LogP) is 8.05. The van der Waals surface area contributed by atoms with Crippen LogP contribution >= 0.6 is 34.4 Å². The molecule has 28 heavy (non-hydrogen) atoms. The van der Waals surface area contributed by atoms with E-state index >= 15 is 0 Å². The van der Waals surface area contributed by atoms with Gasteiger partial charge in [-0.3, -0.25) is 0 Å². The molecule has 0 N–H and O–H groups in total. The van der Waals surface area contributed by atoms with Crippen LogP contribution in [0.5, 0.6) is 0 Å². The van der Waals surface area contributed by atoms with Crippen molar-refractivity contribution < 1.29 is 0 Å². The first-order valence-electron chi connectivity index (χ1n) is 9.53. The van der Waals surface area contributed by atoms with E-state index in [1.54, 1.807) is 0 Å². The number of nitrogens with zero attached hydrogens (tertiary/aromatic N) is 2. The molecule has 2 nitrogen and oxygen atoms in total. The standard InChI is InChI=1S/C23H26N2S3/c1-13-12-14(15-8-10-17(26-15)22(2,3)4)20-21(25-28-24-20)19(13)16-9-11-18(27-16)23(5,6)7/h8-12H,1-7H3. The van der Waals surface area contributed by atoms with Crippen LogP contribution in [0.1, 0.15) is 56.9 Å². The minimum Gasteiger partial charge on any atom is -0.172 e. The molecular formula is C23H26N2S3. The summed E-state index contributed by atoms with van der Waals surface area (Å²) in [5.41, 5.74) is 6.10. The van der Waals surface area contributed by atoms with Gasteiger partial charge in [0.25, 0.3) is 0 Å². The molecule has 3 heterocycles. The molecule has 0 aliphatic carbocycles. The van der Waals surface area contributed by atoms with Crippen LogP contribution in [0, 0.1) is 6.92 Å². The average molecular weight is 427 g/mol. The van der Waals surface area contributed by atoms with Crippen LogP contribution in [0.4, 0.5) is 0 Å². The molecule has 1 aromatic carbocycles. The lowest BCUT2D eigenvalue weighted by atomic mass is 9.94. The van der Waals surface area contributed by atoms with Crippen LogP contribution in [-0.2, 0) is 10.8 Å². The highest BCUT2D eigenvalue weighted by Gasteiger charge is 2.22. The van der Waals surface area contributed by atoms with Gasteiger partial charge in [-0.05, 0) is 53.6 Å². The summed E-state index contributed by atoms with van der Waals surface area (Å²) in [6.07, 6.45) is 0. The number of rotatable bonds is 2. The van der Waals surface area contributed by atoms with Crippen LogP contribution in [0.2, 0.25) is 0 Å². The Hall–Kier alpha value is -1.56. The summed E-state index contributed by atoms with van der Waals surface area (Å²) >= 11 is 5.06. The van der Waals surface area contributed by atoms with Gasteiger partial charge in [0, 0.05) is 30.6 Å². The van der Waals surface area contributed by atoms with E-state index in [-0.39, 0.29) is 10.8 Å². The summed E-state index contributed by atoms with van der Waals surface area (Å²) in [5.74, 6) is 0. The van der Waals surface area contributed by atoms with Crippen LogP contribution in [0.25, 0.3) is 31.9 Å². The van der Waals surface area contributed by atoms with Crippen molar-refractivity contribution in [1.29, 1.82) is 0 Å². The van der Waals surface area contributed by atoms with Gasteiger partial charge in [-0.2, -0.15) is 8.75 Å². The summed E-state index contributed by atoms with van der Waals surface area (Å²) in [5, 5.41) is 0. The molecule has 0 bridgehead atoms. The molecule has 5 heteroatoms. The van der Waals surface area contributed by atoms with Crippen molar-refractivity contribution in [2.24, 2.45) is 0 Å². The predicted molar refractivity (Wildman–Crippen MR) is 126 cm³/mol. The molecule has 0 unspecified atom stereocenters. The van der Waals surface area contributed by atoms with E-state index in [1.165, 1.54) is 47.9 Å². The molecule has 4 aromatic rings. The van der Waals surface area contributed by atoms with E-state index in [0.717, 1.165) is 11.0 Å². The molecule has 146 valence electrons. The van der Waals surface area contributed by atoms with E-state index in [4.69, 9.17) is 8.75 Å². The number of fused-ring (bicyclic) bond motifs is 1. The van der Waals surface area contributed by atoms with Gasteiger partial charge in [0.2, 0.25) is 0 Å². The lowest BCUT2D eigenvalue weighted by Gasteiger charge is -2.15. The highest BCUT2D eigenvalue weighted by molar-refractivity contribution is 7.16. The number of benzene rings is 1. The monoisotopic (exact) mass is 426 g/mol. The fourth-order valence-corrected chi connectivity index (χ4v) is 6.16. The van der Waals surface area contributed by atoms with Gasteiger partial charge in [-0.25, -0.2) is 0 Å². The summed E-state index contributed by atoms with van der Waals surface area (Å²) in [7, 11) is 0. The first kappa shape index (κ1) is 19.7. The molecule has 0 amide bonds. The summed E-state index contributed by atoms with van der Waals surface area (Å²) in [4.78, 5) is 5.36. The van der Waals surface area contributed by atoms with Gasteiger partial charge < -0.3 is 0 Å². The first-order valence-corrected chi connectivity index (χ1v) is 11.9. The zero-order chi connectivity index (χ0) is 20.3. The Balaban J connectivity index is 1.88. The molecule has 0 spiro atoms. The number of aromatic nitrogens is 2. The molecule has 0 aliphatic rings. The van der Waals surface area contributed by atoms with E-state index in [0.29, 0.717) is 0 Å². The zero-order valence-corrected chi connectivity index (χ0v) is 20.0. The molecule has 3 aromatic heterocycles. The minimum atomic E-state index is 0.163. The molecule has 4 rings (SSSR count). The highest BCUT2D eigenvalue weighted by atomic mass is 32.1. The van der Waals surface area contributed by atoms with Crippen molar-refractivity contribution in [2.75, 3.05) is 0 Å². The molecule has 0 atom stereocenters. The topological polar surface area (TPSA) is 25.8 Å². The molecule has 0 saturated carbocycles. The second-order valence-corrected chi connectivity index (χ2v) is 12.1. The van der Waals surface area contributed by atoms with Crippen molar-refractivity contribution in [3.63, 3.8) is 0 Å². The van der Waals surface area contributed by atoms with E-state index < -0.39 is 0 Å². The van der Waals surface area contributed by atoms with Crippen molar-refractivity contribution in [3.8, 4) is 20.9 Å². The highest BCUT2D eigenvalue weighted by Crippen LogP contribution is 2.44. The maximum Gasteiger partial charge on any atom is 0.114 e. The lowest BCUT2D eigenvalue weighted by molar-refractivity contribution is 0.603. The van der Waals surface area contributed by atoms with Crippen LogP contribution in [0.15, 0.2) is 30.3 Å². The van der Waals surface area contributed by atoms with Gasteiger partial charge in [0.1, 0.15) is 11.0 Å². The maximum absolute atomic E-state index is 4.71. The van der Waals surface area contributed by atoms with Gasteiger partial charge in [-0.15, -0.1) is 22.7 Å². The quantitative estimate of drug-likeness (QED) is 0.324. The Kier molecular flexibility index (Phi) is 4.76. The number of aryl methyl sites for hydroxylation is 1. The molecule has 0 saturated heterocycles.